The second-order valence-electron chi connectivity index (χ2n) is 3.96. The molecule has 82 valence electrons. The van der Waals surface area contributed by atoms with Gasteiger partial charge in [0, 0.05) is 36.3 Å². The third-order valence-electron chi connectivity index (χ3n) is 2.86. The molecule has 2 N–H and O–H groups in total. The van der Waals surface area contributed by atoms with Crippen molar-refractivity contribution < 1.29 is 0 Å². The van der Waals surface area contributed by atoms with Gasteiger partial charge < -0.3 is 10.6 Å². The van der Waals surface area contributed by atoms with Crippen LogP contribution in [-0.4, -0.2) is 30.6 Å². The number of aryl methyl sites for hydroxylation is 1. The summed E-state index contributed by atoms with van der Waals surface area (Å²) in [5.41, 5.74) is 8.39. The molecule has 1 heterocycles. The fraction of sp³-hybridized carbons (Fsp3) is 0.500. The Bertz CT molecular complexity index is 323. The molecule has 1 aromatic carbocycles. The molecule has 2 rings (SSSR count). The van der Waals surface area contributed by atoms with Crippen LogP contribution in [0.2, 0.25) is 0 Å². The Labute approximate surface area is 95.8 Å². The van der Waals surface area contributed by atoms with E-state index in [4.69, 9.17) is 5.73 Å². The molecular weight excluding hydrogens is 204 g/mol. The number of hydrogen-bond acceptors (Lipinski definition) is 3. The Morgan fingerprint density at radius 1 is 1.40 bits per heavy atom. The highest BCUT2D eigenvalue weighted by Gasteiger charge is 2.25. The molecule has 0 amide bonds. The molecule has 0 unspecified atom stereocenters. The van der Waals surface area contributed by atoms with Crippen molar-refractivity contribution in [2.45, 2.75) is 13.0 Å². The van der Waals surface area contributed by atoms with E-state index in [0.717, 1.165) is 13.1 Å². The van der Waals surface area contributed by atoms with E-state index in [1.807, 2.05) is 11.8 Å². The summed E-state index contributed by atoms with van der Waals surface area (Å²) in [6, 6.07) is 9.27. The molecule has 1 fully saturated rings. The summed E-state index contributed by atoms with van der Waals surface area (Å²) in [5, 5.41) is 0. The molecule has 0 bridgehead atoms. The minimum absolute atomic E-state index is 0.694. The van der Waals surface area contributed by atoms with Crippen LogP contribution < -0.4 is 10.6 Å². The van der Waals surface area contributed by atoms with Crippen molar-refractivity contribution in [3.05, 3.63) is 29.8 Å². The lowest BCUT2D eigenvalue weighted by Crippen LogP contribution is -2.47. The Morgan fingerprint density at radius 2 is 2.13 bits per heavy atom. The van der Waals surface area contributed by atoms with Crippen molar-refractivity contribution in [3.8, 4) is 0 Å². The van der Waals surface area contributed by atoms with Crippen molar-refractivity contribution in [3.63, 3.8) is 0 Å². The Kier molecular flexibility index (Phi) is 3.54. The van der Waals surface area contributed by atoms with Crippen molar-refractivity contribution in [2.24, 2.45) is 5.73 Å². The first-order valence-electron chi connectivity index (χ1n) is 5.43. The third-order valence-corrected chi connectivity index (χ3v) is 4.10. The van der Waals surface area contributed by atoms with Gasteiger partial charge in [0.2, 0.25) is 0 Å². The molecular formula is C12H18N2S. The summed E-state index contributed by atoms with van der Waals surface area (Å²) in [6.45, 7) is 3.87. The minimum Gasteiger partial charge on any atom is -0.365 e. The van der Waals surface area contributed by atoms with Crippen LogP contribution in [-0.2, 0) is 0 Å². The van der Waals surface area contributed by atoms with Crippen molar-refractivity contribution in [2.75, 3.05) is 29.5 Å². The molecule has 0 spiro atoms. The number of benzene rings is 1. The highest BCUT2D eigenvalue weighted by molar-refractivity contribution is 8.00. The van der Waals surface area contributed by atoms with Gasteiger partial charge in [0.1, 0.15) is 0 Å². The van der Waals surface area contributed by atoms with Gasteiger partial charge in [-0.3, -0.25) is 0 Å². The third kappa shape index (κ3) is 2.29. The van der Waals surface area contributed by atoms with Gasteiger partial charge in [-0.05, 0) is 18.6 Å². The highest BCUT2D eigenvalue weighted by Crippen LogP contribution is 2.29. The van der Waals surface area contributed by atoms with Crippen LogP contribution in [0, 0.1) is 6.92 Å². The lowest BCUT2D eigenvalue weighted by molar-refractivity contribution is 0.675. The van der Waals surface area contributed by atoms with Gasteiger partial charge in [-0.2, -0.15) is 11.8 Å². The van der Waals surface area contributed by atoms with Crippen LogP contribution in [0.15, 0.2) is 24.3 Å². The zero-order chi connectivity index (χ0) is 10.7. The van der Waals surface area contributed by atoms with Gasteiger partial charge in [0.05, 0.1) is 0 Å². The van der Waals surface area contributed by atoms with Crippen LogP contribution in [0.25, 0.3) is 0 Å². The fourth-order valence-corrected chi connectivity index (χ4v) is 2.73. The maximum absolute atomic E-state index is 5.68. The van der Waals surface area contributed by atoms with Crippen LogP contribution in [0.3, 0.4) is 0 Å². The lowest BCUT2D eigenvalue weighted by atomic mass is 10.1. The van der Waals surface area contributed by atoms with E-state index in [-0.39, 0.29) is 0 Å². The predicted octanol–water partition coefficient (Wildman–Crippen LogP) is 1.88. The largest absolute Gasteiger partial charge is 0.365 e. The minimum atomic E-state index is 0.694. The summed E-state index contributed by atoms with van der Waals surface area (Å²) in [7, 11) is 0. The monoisotopic (exact) mass is 222 g/mol. The van der Waals surface area contributed by atoms with E-state index in [1.165, 1.54) is 22.8 Å². The highest BCUT2D eigenvalue weighted by atomic mass is 32.2. The molecule has 0 saturated carbocycles. The van der Waals surface area contributed by atoms with E-state index >= 15 is 0 Å². The number of hydrogen-bond donors (Lipinski definition) is 1. The first kappa shape index (κ1) is 10.8. The number of thioether (sulfide) groups is 1. The topological polar surface area (TPSA) is 29.3 Å². The smallest absolute Gasteiger partial charge is 0.0471 e. The van der Waals surface area contributed by atoms with Crippen LogP contribution in [0.4, 0.5) is 5.69 Å². The molecule has 0 aromatic heterocycles. The maximum atomic E-state index is 5.68. The summed E-state index contributed by atoms with van der Waals surface area (Å²) in [5.74, 6) is 2.49. The Balaban J connectivity index is 2.19. The summed E-state index contributed by atoms with van der Waals surface area (Å²) in [4.78, 5) is 2.46. The standard InChI is InChI=1S/C12H18N2S/c1-10-4-2-3-5-12(10)14(7-6-13)11-8-15-9-11/h2-5,11H,6-9,13H2,1H3. The van der Waals surface area contributed by atoms with Crippen LogP contribution >= 0.6 is 11.8 Å². The van der Waals surface area contributed by atoms with Gasteiger partial charge in [0.15, 0.2) is 0 Å². The van der Waals surface area contributed by atoms with E-state index in [2.05, 4.69) is 36.1 Å². The zero-order valence-corrected chi connectivity index (χ0v) is 9.96. The number of anilines is 1. The number of para-hydroxylation sites is 1. The molecule has 0 radical (unpaired) electrons. The van der Waals surface area contributed by atoms with E-state index in [0.29, 0.717) is 6.04 Å². The average molecular weight is 222 g/mol. The summed E-state index contributed by atoms with van der Waals surface area (Å²) < 4.78 is 0. The van der Waals surface area contributed by atoms with Gasteiger partial charge in [-0.1, -0.05) is 18.2 Å². The van der Waals surface area contributed by atoms with Gasteiger partial charge >= 0.3 is 0 Å². The quantitative estimate of drug-likeness (QED) is 0.843. The predicted molar refractivity (Wildman–Crippen MR) is 68.7 cm³/mol. The SMILES string of the molecule is Cc1ccccc1N(CCN)C1CSC1. The Morgan fingerprint density at radius 3 is 2.67 bits per heavy atom. The molecule has 2 nitrogen and oxygen atoms in total. The Hall–Kier alpha value is -0.670. The van der Waals surface area contributed by atoms with E-state index in [9.17, 15) is 0 Å². The molecule has 1 aliphatic rings. The van der Waals surface area contributed by atoms with Crippen molar-refractivity contribution in [1.82, 2.24) is 0 Å². The van der Waals surface area contributed by atoms with Gasteiger partial charge in [0.25, 0.3) is 0 Å². The van der Waals surface area contributed by atoms with E-state index < -0.39 is 0 Å². The van der Waals surface area contributed by atoms with Crippen LogP contribution in [0.5, 0.6) is 0 Å². The normalized spacial score (nSPS) is 16.1. The molecule has 1 aromatic rings. The van der Waals surface area contributed by atoms with Crippen molar-refractivity contribution >= 4 is 17.4 Å². The molecule has 3 heteroatoms. The average Bonchev–Trinajstić information content (AvgIpc) is 2.15. The summed E-state index contributed by atoms with van der Waals surface area (Å²) in [6.07, 6.45) is 0. The molecule has 0 aliphatic carbocycles. The van der Waals surface area contributed by atoms with E-state index in [1.54, 1.807) is 0 Å². The lowest BCUT2D eigenvalue weighted by Gasteiger charge is -2.39. The molecule has 1 aliphatic heterocycles. The van der Waals surface area contributed by atoms with Gasteiger partial charge in [-0.25, -0.2) is 0 Å². The van der Waals surface area contributed by atoms with Gasteiger partial charge in [-0.15, -0.1) is 0 Å². The first-order valence-corrected chi connectivity index (χ1v) is 6.58. The molecule has 15 heavy (non-hydrogen) atoms. The summed E-state index contributed by atoms with van der Waals surface area (Å²) >= 11 is 2.02. The number of nitrogens with two attached hydrogens (primary N) is 1. The maximum Gasteiger partial charge on any atom is 0.0471 e. The molecule has 1 saturated heterocycles. The number of nitrogens with zero attached hydrogens (tertiary/aromatic N) is 1. The molecule has 0 atom stereocenters. The first-order chi connectivity index (χ1) is 7.33. The second-order valence-corrected chi connectivity index (χ2v) is 5.03. The zero-order valence-electron chi connectivity index (χ0n) is 9.15. The number of rotatable bonds is 4. The second kappa shape index (κ2) is 4.90. The van der Waals surface area contributed by atoms with Crippen molar-refractivity contribution in [1.29, 1.82) is 0 Å². The van der Waals surface area contributed by atoms with Crippen LogP contribution in [0.1, 0.15) is 5.56 Å². The fourth-order valence-electron chi connectivity index (χ4n) is 1.93.